The predicted molar refractivity (Wildman–Crippen MR) is 152 cm³/mol. The zero-order chi connectivity index (χ0) is 28.2. The molecule has 0 spiro atoms. The van der Waals surface area contributed by atoms with Gasteiger partial charge in [-0.25, -0.2) is 12.3 Å². The number of carbonyl (C=O) groups excluding carboxylic acids is 2. The molecular weight excluding hydrogens is 525 g/mol. The van der Waals surface area contributed by atoms with Crippen LogP contribution in [0.15, 0.2) is 0 Å². The van der Waals surface area contributed by atoms with Gasteiger partial charge < -0.3 is 30.9 Å². The Kier molecular flexibility index (Phi) is 29.4. The molecule has 0 saturated heterocycles. The van der Waals surface area contributed by atoms with Crippen molar-refractivity contribution in [3.63, 3.8) is 0 Å². The van der Waals surface area contributed by atoms with Crippen molar-refractivity contribution in [2.24, 2.45) is 10.8 Å². The van der Waals surface area contributed by atoms with E-state index in [4.69, 9.17) is 20.2 Å². The molecule has 0 heterocycles. The van der Waals surface area contributed by atoms with E-state index in [1.165, 1.54) is 0 Å². The fraction of sp³-hybridized carbons (Fsp3) is 0.929. The van der Waals surface area contributed by atoms with Gasteiger partial charge in [-0.05, 0) is 0 Å². The maximum Gasteiger partial charge on any atom is 6.00 e. The average Bonchev–Trinajstić information content (AvgIpc) is 2.75. The van der Waals surface area contributed by atoms with Gasteiger partial charge in [0, 0.05) is 0 Å². The topological polar surface area (TPSA) is 90.5 Å². The quantitative estimate of drug-likeness (QED) is 0.130. The smallest absolute Gasteiger partial charge is 0.677 e. The van der Waals surface area contributed by atoms with Crippen LogP contribution in [0.5, 0.6) is 0 Å². The third kappa shape index (κ3) is 26.7. The van der Waals surface area contributed by atoms with Crippen LogP contribution in [-0.2, 0) is 29.1 Å². The molecule has 2 unspecified atom stereocenters. The summed E-state index contributed by atoms with van der Waals surface area (Å²) in [5, 5.41) is 19.1. The van der Waals surface area contributed by atoms with Crippen molar-refractivity contribution in [2.45, 2.75) is 146 Å². The third-order valence-electron chi connectivity index (χ3n) is 5.27. The van der Waals surface area contributed by atoms with E-state index < -0.39 is 0 Å². The molecule has 0 aliphatic heterocycles. The number of hydrogen-bond donors (Lipinski definition) is 0. The predicted octanol–water partition coefficient (Wildman–Crippen LogP) is 8.86. The van der Waals surface area contributed by atoms with E-state index in [0.29, 0.717) is 0 Å². The zero-order valence-electron chi connectivity index (χ0n) is 25.5. The van der Waals surface area contributed by atoms with E-state index in [-0.39, 0.29) is 53.7 Å². The maximum absolute atomic E-state index is 7.75. The summed E-state index contributed by atoms with van der Waals surface area (Å²) in [7, 11) is 0. The first kappa shape index (κ1) is 44.8. The van der Waals surface area contributed by atoms with Crippen molar-refractivity contribution < 1.29 is 29.1 Å². The Hall–Kier alpha value is -0.197. The molecule has 210 valence electrons. The first-order chi connectivity index (χ1) is 15.5. The minimum Gasteiger partial charge on any atom is -0.677 e. The second-order valence-corrected chi connectivity index (χ2v) is 11.9. The molecule has 0 bridgehead atoms. The first-order valence-corrected chi connectivity index (χ1v) is 12.7. The summed E-state index contributed by atoms with van der Waals surface area (Å²) < 4.78 is 0. The Labute approximate surface area is 233 Å². The summed E-state index contributed by atoms with van der Waals surface area (Å²) in [6.07, 6.45) is 4.62. The second-order valence-electron chi connectivity index (χ2n) is 11.9. The Morgan fingerprint density at radius 3 is 0.914 bits per heavy atom. The Balaban J connectivity index is -0.000000146. The van der Waals surface area contributed by atoms with E-state index >= 15 is 0 Å². The molecule has 0 saturated carbocycles. The average molecular weight is 584 g/mol. The molecule has 0 radical (unpaired) electrons. The summed E-state index contributed by atoms with van der Waals surface area (Å²) in [6, 6.07) is 0. The van der Waals surface area contributed by atoms with Gasteiger partial charge in [0.15, 0.2) is 0 Å². The monoisotopic (exact) mass is 584 g/mol. The van der Waals surface area contributed by atoms with Crippen molar-refractivity contribution in [1.82, 2.24) is 0 Å². The zero-order valence-corrected chi connectivity index (χ0v) is 27.2. The van der Waals surface area contributed by atoms with E-state index in [9.17, 15) is 0 Å². The molecule has 6 nitrogen and oxygen atoms in total. The van der Waals surface area contributed by atoms with Gasteiger partial charge in [0.25, 0.3) is 0 Å². The third-order valence-corrected chi connectivity index (χ3v) is 5.27. The molecule has 0 aromatic rings. The Bertz CT molecular complexity index is 419. The fourth-order valence-electron chi connectivity index (χ4n) is 2.36. The molecule has 0 aliphatic rings. The normalized spacial score (nSPS) is 13.4. The molecular formula is C28H58N4O2Ru. The molecule has 35 heavy (non-hydrogen) atoms. The SMILES string of the molecule is CCC[N-]C([N-]C(C)(C)CC)C(C)(C)C.CCC[N-]C([N-]C(C)(C)CC)C(C)(C)C.[CH-]=O.[CH-]=O.[Ru+6]. The summed E-state index contributed by atoms with van der Waals surface area (Å²) >= 11 is 0. The Morgan fingerprint density at radius 1 is 0.543 bits per heavy atom. The molecule has 0 aliphatic carbocycles. The molecule has 0 fully saturated rings. The van der Waals surface area contributed by atoms with Crippen LogP contribution in [0.1, 0.15) is 123 Å². The van der Waals surface area contributed by atoms with Gasteiger partial charge in [-0.2, -0.15) is 13.1 Å². The molecule has 0 aromatic heterocycles. The molecule has 0 N–H and O–H groups in total. The van der Waals surface area contributed by atoms with E-state index in [1.54, 1.807) is 0 Å². The summed E-state index contributed by atoms with van der Waals surface area (Å²) in [4.78, 5) is 15.5. The molecule has 2 atom stereocenters. The fourth-order valence-corrected chi connectivity index (χ4v) is 2.36. The van der Waals surface area contributed by atoms with Crippen LogP contribution in [-0.4, -0.2) is 50.1 Å². The molecule has 0 amide bonds. The molecule has 0 aromatic carbocycles. The maximum atomic E-state index is 7.75. The standard InChI is InChI=1S/2C13H28N2.2CHO.Ru/c2*1-8-10-14-11(12(3,4)5)15-13(6,7)9-2;2*1-2;/h2*11H,8-10H2,1-7H3;2*1H;/q2*-2;2*-1;+6. The minimum atomic E-state index is 0. The van der Waals surface area contributed by atoms with Gasteiger partial charge in [0.05, 0.1) is 0 Å². The van der Waals surface area contributed by atoms with Crippen molar-refractivity contribution in [3.8, 4) is 0 Å². The van der Waals surface area contributed by atoms with Gasteiger partial charge in [0.1, 0.15) is 0 Å². The van der Waals surface area contributed by atoms with E-state index in [1.807, 2.05) is 0 Å². The molecule has 7 heteroatoms. The van der Waals surface area contributed by atoms with Gasteiger partial charge in [-0.1, -0.05) is 133 Å². The summed E-state index contributed by atoms with van der Waals surface area (Å²) in [6.45, 7) is 39.1. The van der Waals surface area contributed by atoms with Crippen molar-refractivity contribution in [3.05, 3.63) is 21.3 Å². The number of nitrogens with zero attached hydrogens (tertiary/aromatic N) is 4. The van der Waals surface area contributed by atoms with Gasteiger partial charge in [-0.3, -0.25) is 13.6 Å². The van der Waals surface area contributed by atoms with Crippen LogP contribution >= 0.6 is 0 Å². The van der Waals surface area contributed by atoms with Gasteiger partial charge >= 0.3 is 19.5 Å². The molecule has 0 rings (SSSR count). The summed E-state index contributed by atoms with van der Waals surface area (Å²) in [5.74, 6) is 0. The summed E-state index contributed by atoms with van der Waals surface area (Å²) in [5.41, 5.74) is 0.383. The van der Waals surface area contributed by atoms with Crippen LogP contribution in [0.25, 0.3) is 21.3 Å². The minimum absolute atomic E-state index is 0. The van der Waals surface area contributed by atoms with Crippen molar-refractivity contribution in [1.29, 1.82) is 0 Å². The largest absolute Gasteiger partial charge is 6.00 e. The number of rotatable bonds is 12. The van der Waals surface area contributed by atoms with Crippen LogP contribution in [0, 0.1) is 10.8 Å². The van der Waals surface area contributed by atoms with Gasteiger partial charge in [0.2, 0.25) is 0 Å². The first-order valence-electron chi connectivity index (χ1n) is 12.7. The van der Waals surface area contributed by atoms with Crippen LogP contribution < -0.4 is 0 Å². The Morgan fingerprint density at radius 2 is 0.771 bits per heavy atom. The van der Waals surface area contributed by atoms with Crippen LogP contribution in [0.3, 0.4) is 0 Å². The van der Waals surface area contributed by atoms with Crippen molar-refractivity contribution in [2.75, 3.05) is 13.1 Å². The number of hydrogen-bond acceptors (Lipinski definition) is 2. The second kappa shape index (κ2) is 23.0. The van der Waals surface area contributed by atoms with Crippen molar-refractivity contribution >= 4 is 13.6 Å². The van der Waals surface area contributed by atoms with Crippen LogP contribution in [0.4, 0.5) is 0 Å². The van der Waals surface area contributed by atoms with Gasteiger partial charge in [-0.15, -0.1) is 11.1 Å². The van der Waals surface area contributed by atoms with Crippen LogP contribution in [0.2, 0.25) is 0 Å². The van der Waals surface area contributed by atoms with E-state index in [2.05, 4.69) is 121 Å². The van der Waals surface area contributed by atoms with E-state index in [0.717, 1.165) is 38.8 Å².